The number of aliphatic carboxylic acids is 1. The van der Waals surface area contributed by atoms with Gasteiger partial charge < -0.3 is 9.84 Å². The molecular weight excluding hydrogens is 213 g/mol. The fourth-order valence-electron chi connectivity index (χ4n) is 2.10. The van der Waals surface area contributed by atoms with Crippen LogP contribution in [0, 0.1) is 0 Å². The molecule has 1 saturated heterocycles. The summed E-state index contributed by atoms with van der Waals surface area (Å²) in [5.74, 6) is -1.45. The first-order valence-corrected chi connectivity index (χ1v) is 5.72. The van der Waals surface area contributed by atoms with E-state index in [1.165, 1.54) is 0 Å². The van der Waals surface area contributed by atoms with E-state index in [0.29, 0.717) is 18.7 Å². The van der Waals surface area contributed by atoms with Crippen LogP contribution in [-0.4, -0.2) is 54.0 Å². The Morgan fingerprint density at radius 3 is 2.88 bits per heavy atom. The van der Waals surface area contributed by atoms with Gasteiger partial charge in [0, 0.05) is 12.1 Å². The summed E-state index contributed by atoms with van der Waals surface area (Å²) in [4.78, 5) is 12.5. The first-order chi connectivity index (χ1) is 7.52. The Morgan fingerprint density at radius 2 is 2.31 bits per heavy atom. The van der Waals surface area contributed by atoms with Gasteiger partial charge in [0.15, 0.2) is 0 Å². The molecule has 0 radical (unpaired) electrons. The first kappa shape index (κ1) is 13.4. The molecule has 0 aromatic rings. The van der Waals surface area contributed by atoms with Gasteiger partial charge in [-0.05, 0) is 33.2 Å². The van der Waals surface area contributed by atoms with Gasteiger partial charge in [-0.2, -0.15) is 0 Å². The third kappa shape index (κ3) is 3.72. The van der Waals surface area contributed by atoms with Crippen LogP contribution in [0.4, 0.5) is 4.39 Å². The SMILES string of the molecule is CC(C)N1CCC[C@H]1COCC(F)C(=O)O. The van der Waals surface area contributed by atoms with Gasteiger partial charge in [-0.25, -0.2) is 9.18 Å². The molecule has 1 aliphatic rings. The molecule has 0 saturated carbocycles. The minimum absolute atomic E-state index is 0.306. The highest BCUT2D eigenvalue weighted by Gasteiger charge is 2.27. The number of carboxylic acid groups (broad SMARTS) is 1. The van der Waals surface area contributed by atoms with Crippen molar-refractivity contribution in [3.63, 3.8) is 0 Å². The molecule has 5 heteroatoms. The molecule has 0 aliphatic carbocycles. The highest BCUT2D eigenvalue weighted by Crippen LogP contribution is 2.20. The van der Waals surface area contributed by atoms with E-state index in [-0.39, 0.29) is 6.61 Å². The number of ether oxygens (including phenoxy) is 1. The molecule has 0 bridgehead atoms. The minimum Gasteiger partial charge on any atom is -0.479 e. The Hall–Kier alpha value is -0.680. The average molecular weight is 233 g/mol. The van der Waals surface area contributed by atoms with E-state index < -0.39 is 12.1 Å². The molecular formula is C11H20FNO3. The summed E-state index contributed by atoms with van der Waals surface area (Å²) in [7, 11) is 0. The monoisotopic (exact) mass is 233 g/mol. The highest BCUT2D eigenvalue weighted by atomic mass is 19.1. The largest absolute Gasteiger partial charge is 0.479 e. The van der Waals surface area contributed by atoms with Crippen molar-refractivity contribution in [2.24, 2.45) is 0 Å². The topological polar surface area (TPSA) is 49.8 Å². The van der Waals surface area contributed by atoms with Crippen LogP contribution in [0.15, 0.2) is 0 Å². The number of carbonyl (C=O) groups is 1. The van der Waals surface area contributed by atoms with Gasteiger partial charge in [-0.15, -0.1) is 0 Å². The summed E-state index contributed by atoms with van der Waals surface area (Å²) < 4.78 is 17.8. The normalized spacial score (nSPS) is 23.9. The van der Waals surface area contributed by atoms with Gasteiger partial charge in [-0.1, -0.05) is 0 Å². The lowest BCUT2D eigenvalue weighted by molar-refractivity contribution is -0.145. The van der Waals surface area contributed by atoms with E-state index >= 15 is 0 Å². The van der Waals surface area contributed by atoms with Crippen LogP contribution >= 0.6 is 0 Å². The fraction of sp³-hybridized carbons (Fsp3) is 0.909. The summed E-state index contributed by atoms with van der Waals surface area (Å²) in [6, 6.07) is 0.762. The van der Waals surface area contributed by atoms with Crippen LogP contribution in [0.5, 0.6) is 0 Å². The molecule has 0 aromatic heterocycles. The van der Waals surface area contributed by atoms with Crippen molar-refractivity contribution in [3.8, 4) is 0 Å². The summed E-state index contributed by atoms with van der Waals surface area (Å²) in [5, 5.41) is 8.35. The Kier molecular flexibility index (Phi) is 5.15. The van der Waals surface area contributed by atoms with Gasteiger partial charge in [0.1, 0.15) is 0 Å². The second kappa shape index (κ2) is 6.15. The van der Waals surface area contributed by atoms with Crippen LogP contribution in [0.1, 0.15) is 26.7 Å². The van der Waals surface area contributed by atoms with E-state index in [4.69, 9.17) is 9.84 Å². The van der Waals surface area contributed by atoms with Crippen LogP contribution < -0.4 is 0 Å². The number of halogens is 1. The summed E-state index contributed by atoms with van der Waals surface area (Å²) in [5.41, 5.74) is 0. The van der Waals surface area contributed by atoms with E-state index in [9.17, 15) is 9.18 Å². The molecule has 1 rings (SSSR count). The van der Waals surface area contributed by atoms with Gasteiger partial charge in [-0.3, -0.25) is 4.90 Å². The molecule has 4 nitrogen and oxygen atoms in total. The second-order valence-electron chi connectivity index (χ2n) is 4.47. The smallest absolute Gasteiger partial charge is 0.340 e. The predicted octanol–water partition coefficient (Wildman–Crippen LogP) is 1.30. The lowest BCUT2D eigenvalue weighted by Crippen LogP contribution is -2.38. The summed E-state index contributed by atoms with van der Waals surface area (Å²) in [6.07, 6.45) is 0.265. The Balaban J connectivity index is 2.24. The van der Waals surface area contributed by atoms with Crippen LogP contribution in [-0.2, 0) is 9.53 Å². The molecule has 1 N–H and O–H groups in total. The number of hydrogen-bond acceptors (Lipinski definition) is 3. The van der Waals surface area contributed by atoms with Gasteiger partial charge >= 0.3 is 5.97 Å². The van der Waals surface area contributed by atoms with E-state index in [0.717, 1.165) is 19.4 Å². The van der Waals surface area contributed by atoms with Crippen LogP contribution in [0.3, 0.4) is 0 Å². The third-order valence-corrected chi connectivity index (χ3v) is 2.93. The summed E-state index contributed by atoms with van der Waals surface area (Å²) >= 11 is 0. The lowest BCUT2D eigenvalue weighted by Gasteiger charge is -2.28. The Labute approximate surface area is 95.4 Å². The summed E-state index contributed by atoms with van der Waals surface area (Å²) in [6.45, 7) is 5.36. The molecule has 0 spiro atoms. The second-order valence-corrected chi connectivity index (χ2v) is 4.47. The maximum atomic E-state index is 12.7. The zero-order valence-corrected chi connectivity index (χ0v) is 9.86. The molecule has 1 unspecified atom stereocenters. The standard InChI is InChI=1S/C11H20FNO3/c1-8(2)13-5-3-4-9(13)6-16-7-10(12)11(14)15/h8-10H,3-7H2,1-2H3,(H,14,15)/t9-,10?/m0/s1. The van der Waals surface area contributed by atoms with Crippen molar-refractivity contribution in [1.29, 1.82) is 0 Å². The molecule has 2 atom stereocenters. The molecule has 1 heterocycles. The van der Waals surface area contributed by atoms with Crippen molar-refractivity contribution in [1.82, 2.24) is 4.90 Å². The van der Waals surface area contributed by atoms with Crippen molar-refractivity contribution < 1.29 is 19.0 Å². The van der Waals surface area contributed by atoms with Crippen molar-refractivity contribution in [2.75, 3.05) is 19.8 Å². The molecule has 16 heavy (non-hydrogen) atoms. The zero-order chi connectivity index (χ0) is 12.1. The van der Waals surface area contributed by atoms with Crippen molar-refractivity contribution in [3.05, 3.63) is 0 Å². The molecule has 94 valence electrons. The lowest BCUT2D eigenvalue weighted by atomic mass is 10.2. The van der Waals surface area contributed by atoms with Gasteiger partial charge in [0.05, 0.1) is 13.2 Å². The average Bonchev–Trinajstić information content (AvgIpc) is 2.65. The fourth-order valence-corrected chi connectivity index (χ4v) is 2.10. The van der Waals surface area contributed by atoms with E-state index in [1.54, 1.807) is 0 Å². The Morgan fingerprint density at radius 1 is 1.62 bits per heavy atom. The quantitative estimate of drug-likeness (QED) is 0.751. The van der Waals surface area contributed by atoms with Crippen LogP contribution in [0.25, 0.3) is 0 Å². The molecule has 1 fully saturated rings. The number of rotatable bonds is 6. The molecule has 0 amide bonds. The van der Waals surface area contributed by atoms with Gasteiger partial charge in [0.2, 0.25) is 6.17 Å². The molecule has 0 aromatic carbocycles. The zero-order valence-electron chi connectivity index (χ0n) is 9.86. The molecule has 1 aliphatic heterocycles. The first-order valence-electron chi connectivity index (χ1n) is 5.72. The van der Waals surface area contributed by atoms with Crippen molar-refractivity contribution >= 4 is 5.97 Å². The maximum absolute atomic E-state index is 12.7. The number of likely N-dealkylation sites (tertiary alicyclic amines) is 1. The van der Waals surface area contributed by atoms with Crippen LogP contribution in [0.2, 0.25) is 0 Å². The number of nitrogens with zero attached hydrogens (tertiary/aromatic N) is 1. The van der Waals surface area contributed by atoms with Gasteiger partial charge in [0.25, 0.3) is 0 Å². The third-order valence-electron chi connectivity index (χ3n) is 2.93. The number of hydrogen-bond donors (Lipinski definition) is 1. The van der Waals surface area contributed by atoms with E-state index in [1.807, 2.05) is 0 Å². The maximum Gasteiger partial charge on any atom is 0.340 e. The predicted molar refractivity (Wildman–Crippen MR) is 58.2 cm³/mol. The van der Waals surface area contributed by atoms with E-state index in [2.05, 4.69) is 18.7 Å². The highest BCUT2D eigenvalue weighted by molar-refractivity contribution is 5.72. The van der Waals surface area contributed by atoms with Crippen molar-refractivity contribution in [2.45, 2.75) is 44.9 Å². The minimum atomic E-state index is -1.91. The number of carboxylic acids is 1. The number of alkyl halides is 1. The Bertz CT molecular complexity index is 235.